The topological polar surface area (TPSA) is 56.8 Å². The van der Waals surface area contributed by atoms with Crippen molar-refractivity contribution >= 4 is 11.5 Å². The van der Waals surface area contributed by atoms with Crippen molar-refractivity contribution in [2.24, 2.45) is 0 Å². The van der Waals surface area contributed by atoms with E-state index in [0.717, 1.165) is 0 Å². The molecular weight excluding hydrogens is 246 g/mol. The Hall–Kier alpha value is -2.17. The molecule has 1 aromatic rings. The van der Waals surface area contributed by atoms with Crippen LogP contribution in [0.4, 0.5) is 5.69 Å². The summed E-state index contributed by atoms with van der Waals surface area (Å²) < 4.78 is 15.9. The fraction of sp³-hybridized carbons (Fsp3) is 0.357. The van der Waals surface area contributed by atoms with E-state index in [1.807, 2.05) is 0 Å². The van der Waals surface area contributed by atoms with E-state index < -0.39 is 5.54 Å². The number of ether oxygens (including phenoxy) is 3. The lowest BCUT2D eigenvalue weighted by molar-refractivity contribution is 0.0954. The lowest BCUT2D eigenvalue weighted by Gasteiger charge is -2.19. The van der Waals surface area contributed by atoms with Gasteiger partial charge in [-0.1, -0.05) is 6.08 Å². The maximum atomic E-state index is 12.4. The van der Waals surface area contributed by atoms with Gasteiger partial charge in [-0.3, -0.25) is 4.79 Å². The number of nitrogens with one attached hydrogen (secondary N) is 1. The summed E-state index contributed by atoms with van der Waals surface area (Å²) >= 11 is 0. The van der Waals surface area contributed by atoms with Crippen LogP contribution >= 0.6 is 0 Å². The van der Waals surface area contributed by atoms with E-state index in [9.17, 15) is 4.79 Å². The SMILES string of the molecule is C=CC1(C)Nc2c(cc(OC)c(OC)c2OC)C1=O. The van der Waals surface area contributed by atoms with Crippen molar-refractivity contribution in [1.82, 2.24) is 0 Å². The molecule has 0 radical (unpaired) electrons. The van der Waals surface area contributed by atoms with E-state index in [2.05, 4.69) is 11.9 Å². The fourth-order valence-corrected chi connectivity index (χ4v) is 2.20. The summed E-state index contributed by atoms with van der Waals surface area (Å²) in [6.07, 6.45) is 1.58. The number of carbonyl (C=O) groups excluding carboxylic acids is 1. The number of anilines is 1. The number of methoxy groups -OCH3 is 3. The smallest absolute Gasteiger partial charge is 0.205 e. The first kappa shape index (κ1) is 13.3. The van der Waals surface area contributed by atoms with Gasteiger partial charge in [-0.2, -0.15) is 0 Å². The highest BCUT2D eigenvalue weighted by atomic mass is 16.5. The van der Waals surface area contributed by atoms with Gasteiger partial charge in [0.05, 0.1) is 32.6 Å². The Morgan fingerprint density at radius 2 is 1.84 bits per heavy atom. The summed E-state index contributed by atoms with van der Waals surface area (Å²) in [6, 6.07) is 1.65. The highest BCUT2D eigenvalue weighted by Crippen LogP contribution is 2.49. The Balaban J connectivity index is 2.71. The van der Waals surface area contributed by atoms with Gasteiger partial charge in [0.15, 0.2) is 17.3 Å². The van der Waals surface area contributed by atoms with Crippen molar-refractivity contribution in [2.45, 2.75) is 12.5 Å². The molecule has 1 aliphatic heterocycles. The van der Waals surface area contributed by atoms with Crippen LogP contribution < -0.4 is 19.5 Å². The maximum Gasteiger partial charge on any atom is 0.205 e. The first-order valence-electron chi connectivity index (χ1n) is 5.82. The van der Waals surface area contributed by atoms with E-state index in [-0.39, 0.29) is 5.78 Å². The normalized spacial score (nSPS) is 20.5. The minimum absolute atomic E-state index is 0.0725. The molecule has 1 aromatic carbocycles. The Bertz CT molecular complexity index is 553. The van der Waals surface area contributed by atoms with Crippen LogP contribution in [0.1, 0.15) is 17.3 Å². The van der Waals surface area contributed by atoms with Crippen molar-refractivity contribution in [1.29, 1.82) is 0 Å². The molecule has 0 spiro atoms. The molecule has 1 atom stereocenters. The molecule has 0 aromatic heterocycles. The number of carbonyl (C=O) groups is 1. The van der Waals surface area contributed by atoms with Crippen LogP contribution in [0.5, 0.6) is 17.2 Å². The second-order valence-electron chi connectivity index (χ2n) is 4.43. The number of benzene rings is 1. The first-order valence-corrected chi connectivity index (χ1v) is 5.82. The summed E-state index contributed by atoms with van der Waals surface area (Å²) in [5.41, 5.74) is 0.275. The lowest BCUT2D eigenvalue weighted by atomic mass is 9.96. The number of Topliss-reactive ketones (excluding diaryl/α,β-unsaturated/α-hetero) is 1. The van der Waals surface area contributed by atoms with Crippen LogP contribution in [-0.2, 0) is 0 Å². The van der Waals surface area contributed by atoms with E-state index >= 15 is 0 Å². The average molecular weight is 263 g/mol. The maximum absolute atomic E-state index is 12.4. The summed E-state index contributed by atoms with van der Waals surface area (Å²) in [6.45, 7) is 5.47. The van der Waals surface area contributed by atoms with Crippen LogP contribution in [-0.4, -0.2) is 32.7 Å². The summed E-state index contributed by atoms with van der Waals surface area (Å²) in [7, 11) is 4.56. The number of hydrogen-bond acceptors (Lipinski definition) is 5. The van der Waals surface area contributed by atoms with Gasteiger partial charge < -0.3 is 19.5 Å². The summed E-state index contributed by atoms with van der Waals surface area (Å²) in [4.78, 5) is 12.4. The second kappa shape index (κ2) is 4.50. The van der Waals surface area contributed by atoms with Gasteiger partial charge >= 0.3 is 0 Å². The quantitative estimate of drug-likeness (QED) is 0.844. The molecule has 0 amide bonds. The Kier molecular flexibility index (Phi) is 3.14. The van der Waals surface area contributed by atoms with E-state index in [0.29, 0.717) is 28.5 Å². The van der Waals surface area contributed by atoms with E-state index in [4.69, 9.17) is 14.2 Å². The standard InChI is InChI=1S/C14H17NO4/c1-6-14(2)13(16)8-7-9(17-3)11(18-4)12(19-5)10(8)15-14/h6-7,15H,1H2,2-5H3. The van der Waals surface area contributed by atoms with E-state index in [1.54, 1.807) is 19.1 Å². The van der Waals surface area contributed by atoms with Crippen LogP contribution in [0.2, 0.25) is 0 Å². The third-order valence-electron chi connectivity index (χ3n) is 3.34. The van der Waals surface area contributed by atoms with Gasteiger partial charge in [-0.05, 0) is 13.0 Å². The monoisotopic (exact) mass is 263 g/mol. The number of rotatable bonds is 4. The van der Waals surface area contributed by atoms with Gasteiger partial charge in [0.2, 0.25) is 5.75 Å². The van der Waals surface area contributed by atoms with Gasteiger partial charge in [-0.15, -0.1) is 6.58 Å². The van der Waals surface area contributed by atoms with E-state index in [1.165, 1.54) is 21.3 Å². The number of hydrogen-bond donors (Lipinski definition) is 1. The molecule has 102 valence electrons. The number of ketones is 1. The molecule has 0 bridgehead atoms. The van der Waals surface area contributed by atoms with Crippen molar-refractivity contribution in [2.75, 3.05) is 26.6 Å². The van der Waals surface area contributed by atoms with Gasteiger partial charge in [-0.25, -0.2) is 0 Å². The zero-order valence-corrected chi connectivity index (χ0v) is 11.5. The van der Waals surface area contributed by atoms with Crippen LogP contribution in [0.25, 0.3) is 0 Å². The Labute approximate surface area is 112 Å². The molecule has 19 heavy (non-hydrogen) atoms. The third-order valence-corrected chi connectivity index (χ3v) is 3.34. The van der Waals surface area contributed by atoms with Gasteiger partial charge in [0, 0.05) is 0 Å². The molecule has 1 N–H and O–H groups in total. The molecule has 5 heteroatoms. The highest BCUT2D eigenvalue weighted by Gasteiger charge is 2.42. The fourth-order valence-electron chi connectivity index (χ4n) is 2.20. The van der Waals surface area contributed by atoms with Crippen molar-refractivity contribution in [3.63, 3.8) is 0 Å². The first-order chi connectivity index (χ1) is 9.02. The average Bonchev–Trinajstić information content (AvgIpc) is 2.69. The van der Waals surface area contributed by atoms with Gasteiger partial charge in [0.1, 0.15) is 5.54 Å². The molecular formula is C14H17NO4. The van der Waals surface area contributed by atoms with Crippen molar-refractivity contribution in [3.05, 3.63) is 24.3 Å². The van der Waals surface area contributed by atoms with Crippen molar-refractivity contribution < 1.29 is 19.0 Å². The van der Waals surface area contributed by atoms with Crippen LogP contribution in [0, 0.1) is 0 Å². The summed E-state index contributed by atoms with van der Waals surface area (Å²) in [5, 5.41) is 3.13. The van der Waals surface area contributed by atoms with Crippen LogP contribution in [0.3, 0.4) is 0 Å². The molecule has 0 aliphatic carbocycles. The largest absolute Gasteiger partial charge is 0.493 e. The minimum atomic E-state index is -0.840. The molecule has 1 heterocycles. The van der Waals surface area contributed by atoms with Crippen molar-refractivity contribution in [3.8, 4) is 17.2 Å². The predicted octanol–water partition coefficient (Wildman–Crippen LogP) is 2.27. The van der Waals surface area contributed by atoms with Gasteiger partial charge in [0.25, 0.3) is 0 Å². The zero-order valence-electron chi connectivity index (χ0n) is 11.5. The molecule has 1 aliphatic rings. The number of fused-ring (bicyclic) bond motifs is 1. The third kappa shape index (κ3) is 1.73. The lowest BCUT2D eigenvalue weighted by Crippen LogP contribution is -2.35. The Morgan fingerprint density at radius 1 is 1.21 bits per heavy atom. The van der Waals surface area contributed by atoms with Crippen LogP contribution in [0.15, 0.2) is 18.7 Å². The molecule has 0 saturated carbocycles. The molecule has 0 saturated heterocycles. The molecule has 1 unspecified atom stereocenters. The molecule has 2 rings (SSSR count). The molecule has 0 fully saturated rings. The Morgan fingerprint density at radius 3 is 2.32 bits per heavy atom. The predicted molar refractivity (Wildman–Crippen MR) is 72.7 cm³/mol. The molecule has 5 nitrogen and oxygen atoms in total. The minimum Gasteiger partial charge on any atom is -0.493 e. The highest BCUT2D eigenvalue weighted by molar-refractivity contribution is 6.16. The zero-order chi connectivity index (χ0) is 14.2. The summed E-state index contributed by atoms with van der Waals surface area (Å²) in [5.74, 6) is 1.30. The second-order valence-corrected chi connectivity index (χ2v) is 4.43.